The molecule has 2 N–H and O–H groups in total. The molecule has 0 bridgehead atoms. The van der Waals surface area contributed by atoms with E-state index in [9.17, 15) is 14.3 Å². The van der Waals surface area contributed by atoms with Crippen molar-refractivity contribution in [1.82, 2.24) is 4.98 Å². The Morgan fingerprint density at radius 2 is 1.91 bits per heavy atom. The first-order valence-corrected chi connectivity index (χ1v) is 10.7. The smallest absolute Gasteiger partial charge is 0.359 e. The summed E-state index contributed by atoms with van der Waals surface area (Å²) in [4.78, 5) is 18.2. The van der Waals surface area contributed by atoms with Gasteiger partial charge in [0.15, 0.2) is 6.04 Å². The predicted octanol–water partition coefficient (Wildman–Crippen LogP) is 4.38. The van der Waals surface area contributed by atoms with Gasteiger partial charge in [0, 0.05) is 18.4 Å². The average molecular weight is 428 g/mol. The zero-order valence-electron chi connectivity index (χ0n) is 17.5. The summed E-state index contributed by atoms with van der Waals surface area (Å²) < 4.78 is 14.9. The van der Waals surface area contributed by atoms with Gasteiger partial charge in [-0.25, -0.2) is 14.2 Å². The molecule has 6 heteroatoms. The number of phenolic OH excluding ortho intramolecular Hbond substituents is 1. The van der Waals surface area contributed by atoms with E-state index in [1.807, 2.05) is 0 Å². The molecule has 0 radical (unpaired) electrons. The van der Waals surface area contributed by atoms with Crippen LogP contribution in [-0.2, 0) is 12.8 Å². The van der Waals surface area contributed by atoms with Gasteiger partial charge in [-0.3, -0.25) is 5.32 Å². The molecular formula is C26H23FN3O2+. The SMILES string of the molecule is O=C1C(Cc2ccc(F)cc2)Nc2c(CC3=CC=CCC3)nc(-c3ccc(O)cc3)c[n+]21. The van der Waals surface area contributed by atoms with Gasteiger partial charge >= 0.3 is 11.7 Å². The van der Waals surface area contributed by atoms with E-state index in [-0.39, 0.29) is 17.5 Å². The summed E-state index contributed by atoms with van der Waals surface area (Å²) in [7, 11) is 0. The number of nitrogens with zero attached hydrogens (tertiary/aromatic N) is 2. The van der Waals surface area contributed by atoms with Crippen LogP contribution in [0.3, 0.4) is 0 Å². The number of benzene rings is 2. The maximum atomic E-state index is 13.3. The molecule has 32 heavy (non-hydrogen) atoms. The molecule has 160 valence electrons. The number of carbonyl (C=O) groups is 1. The molecule has 1 atom stereocenters. The van der Waals surface area contributed by atoms with Crippen molar-refractivity contribution in [1.29, 1.82) is 0 Å². The summed E-state index contributed by atoms with van der Waals surface area (Å²) in [5.41, 5.74) is 4.47. The Labute approximate surface area is 185 Å². The third-order valence-electron chi connectivity index (χ3n) is 5.88. The first kappa shape index (κ1) is 20.1. The van der Waals surface area contributed by atoms with Crippen LogP contribution in [0.1, 0.15) is 28.9 Å². The van der Waals surface area contributed by atoms with Crippen molar-refractivity contribution < 1.29 is 18.9 Å². The third kappa shape index (κ3) is 4.04. The molecule has 0 amide bonds. The number of allylic oxidation sites excluding steroid dienone is 4. The fourth-order valence-corrected chi connectivity index (χ4v) is 4.18. The highest BCUT2D eigenvalue weighted by Gasteiger charge is 2.41. The lowest BCUT2D eigenvalue weighted by molar-refractivity contribution is -0.552. The highest BCUT2D eigenvalue weighted by atomic mass is 19.1. The van der Waals surface area contributed by atoms with E-state index in [1.165, 1.54) is 17.7 Å². The fraction of sp³-hybridized carbons (Fsp3) is 0.192. The molecule has 1 unspecified atom stereocenters. The van der Waals surface area contributed by atoms with Crippen LogP contribution in [0, 0.1) is 5.82 Å². The summed E-state index contributed by atoms with van der Waals surface area (Å²) in [5, 5.41) is 13.0. The topological polar surface area (TPSA) is 66.1 Å². The van der Waals surface area contributed by atoms with Gasteiger partial charge in [-0.2, -0.15) is 4.57 Å². The van der Waals surface area contributed by atoms with E-state index < -0.39 is 6.04 Å². The van der Waals surface area contributed by atoms with Gasteiger partial charge in [0.25, 0.3) is 0 Å². The maximum absolute atomic E-state index is 13.3. The number of aromatic nitrogens is 2. The summed E-state index contributed by atoms with van der Waals surface area (Å²) in [6.45, 7) is 0. The maximum Gasteiger partial charge on any atom is 0.359 e. The molecule has 5 rings (SSSR count). The summed E-state index contributed by atoms with van der Waals surface area (Å²) in [6.07, 6.45) is 11.1. The lowest BCUT2D eigenvalue weighted by Gasteiger charge is -2.11. The second kappa shape index (κ2) is 8.38. The van der Waals surface area contributed by atoms with Crippen molar-refractivity contribution in [2.75, 3.05) is 5.32 Å². The molecule has 0 spiro atoms. The van der Waals surface area contributed by atoms with E-state index in [0.717, 1.165) is 29.7 Å². The third-order valence-corrected chi connectivity index (χ3v) is 5.88. The highest BCUT2D eigenvalue weighted by molar-refractivity contribution is 5.82. The van der Waals surface area contributed by atoms with Crippen LogP contribution < -0.4 is 9.88 Å². The number of anilines is 1. The van der Waals surface area contributed by atoms with E-state index in [1.54, 1.807) is 47.2 Å². The predicted molar refractivity (Wildman–Crippen MR) is 120 cm³/mol. The zero-order valence-corrected chi connectivity index (χ0v) is 17.5. The lowest BCUT2D eigenvalue weighted by atomic mass is 10.00. The molecule has 2 aromatic carbocycles. The molecule has 1 aliphatic carbocycles. The number of carbonyl (C=O) groups excluding carboxylic acids is 1. The number of rotatable bonds is 5. The van der Waals surface area contributed by atoms with Gasteiger partial charge in [-0.1, -0.05) is 35.9 Å². The van der Waals surface area contributed by atoms with Gasteiger partial charge in [0.05, 0.1) is 0 Å². The first-order valence-electron chi connectivity index (χ1n) is 10.7. The van der Waals surface area contributed by atoms with Crippen LogP contribution in [0.15, 0.2) is 78.5 Å². The second-order valence-electron chi connectivity index (χ2n) is 8.17. The van der Waals surface area contributed by atoms with Crippen molar-refractivity contribution in [3.05, 3.63) is 95.6 Å². The van der Waals surface area contributed by atoms with Gasteiger partial charge in [0.1, 0.15) is 29.2 Å². The Balaban J connectivity index is 1.52. The van der Waals surface area contributed by atoms with E-state index >= 15 is 0 Å². The highest BCUT2D eigenvalue weighted by Crippen LogP contribution is 2.27. The van der Waals surface area contributed by atoms with Crippen molar-refractivity contribution in [2.45, 2.75) is 31.7 Å². The number of nitrogens with one attached hydrogen (secondary N) is 1. The normalized spacial score (nSPS) is 17.1. The number of hydrogen-bond donors (Lipinski definition) is 2. The zero-order chi connectivity index (χ0) is 22.1. The van der Waals surface area contributed by atoms with Crippen LogP contribution in [-0.4, -0.2) is 22.0 Å². The van der Waals surface area contributed by atoms with Crippen LogP contribution in [0.2, 0.25) is 0 Å². The minimum atomic E-state index is -0.448. The Bertz CT molecular complexity index is 1230. The molecule has 3 aromatic rings. The Morgan fingerprint density at radius 3 is 2.62 bits per heavy atom. The Kier molecular flexibility index (Phi) is 5.27. The van der Waals surface area contributed by atoms with Gasteiger partial charge in [0.2, 0.25) is 0 Å². The van der Waals surface area contributed by atoms with E-state index in [0.29, 0.717) is 24.4 Å². The fourth-order valence-electron chi connectivity index (χ4n) is 4.18. The standard InChI is InChI=1S/C26H22FN3O2/c27-20-10-6-18(7-11-20)15-23-26(32)30-16-24(19-8-12-21(31)13-9-19)28-22(25(30)29-23)14-17-4-2-1-3-5-17/h1-2,4,6-13,16,23,31H,3,5,14-15H2/p+1. The van der Waals surface area contributed by atoms with Gasteiger partial charge in [-0.05, 0) is 54.8 Å². The number of halogens is 1. The molecule has 1 aromatic heterocycles. The van der Waals surface area contributed by atoms with Gasteiger partial charge < -0.3 is 5.11 Å². The quantitative estimate of drug-likeness (QED) is 0.592. The van der Waals surface area contributed by atoms with Crippen LogP contribution in [0.4, 0.5) is 10.2 Å². The van der Waals surface area contributed by atoms with E-state index in [2.05, 4.69) is 23.5 Å². The molecule has 0 saturated carbocycles. The number of fused-ring (bicyclic) bond motifs is 1. The molecule has 2 heterocycles. The van der Waals surface area contributed by atoms with Crippen LogP contribution >= 0.6 is 0 Å². The number of hydrogen-bond acceptors (Lipinski definition) is 4. The molecule has 5 nitrogen and oxygen atoms in total. The molecule has 0 fully saturated rings. The number of aromatic hydroxyl groups is 1. The minimum Gasteiger partial charge on any atom is -0.508 e. The second-order valence-corrected chi connectivity index (χ2v) is 8.17. The van der Waals surface area contributed by atoms with Crippen LogP contribution in [0.25, 0.3) is 11.3 Å². The largest absolute Gasteiger partial charge is 0.508 e. The number of phenols is 1. The minimum absolute atomic E-state index is 0.0643. The summed E-state index contributed by atoms with van der Waals surface area (Å²) >= 11 is 0. The molecule has 2 aliphatic rings. The van der Waals surface area contributed by atoms with Crippen molar-refractivity contribution in [3.63, 3.8) is 0 Å². The Morgan fingerprint density at radius 1 is 1.12 bits per heavy atom. The first-order chi connectivity index (χ1) is 15.6. The summed E-state index contributed by atoms with van der Waals surface area (Å²) in [5.74, 6) is 0.529. The molecule has 1 aliphatic heterocycles. The van der Waals surface area contributed by atoms with Crippen molar-refractivity contribution >= 4 is 11.7 Å². The lowest BCUT2D eigenvalue weighted by Crippen LogP contribution is -2.44. The van der Waals surface area contributed by atoms with Gasteiger partial charge in [-0.15, -0.1) is 0 Å². The van der Waals surface area contributed by atoms with Crippen LogP contribution in [0.5, 0.6) is 5.75 Å². The van der Waals surface area contributed by atoms with Crippen molar-refractivity contribution in [2.24, 2.45) is 0 Å². The molecular weight excluding hydrogens is 405 g/mol. The van der Waals surface area contributed by atoms with E-state index in [4.69, 9.17) is 4.98 Å². The Hall–Kier alpha value is -3.80. The summed E-state index contributed by atoms with van der Waals surface area (Å²) in [6, 6.07) is 12.6. The molecule has 0 saturated heterocycles. The monoisotopic (exact) mass is 428 g/mol. The van der Waals surface area contributed by atoms with Crippen molar-refractivity contribution in [3.8, 4) is 17.0 Å². The average Bonchev–Trinajstić information content (AvgIpc) is 3.12.